The summed E-state index contributed by atoms with van der Waals surface area (Å²) in [5.41, 5.74) is 1.25. The van der Waals surface area contributed by atoms with Crippen LogP contribution in [0.4, 0.5) is 5.95 Å². The molecule has 1 aliphatic rings. The van der Waals surface area contributed by atoms with Gasteiger partial charge < -0.3 is 10.2 Å². The van der Waals surface area contributed by atoms with E-state index in [-0.39, 0.29) is 0 Å². The molecule has 1 N–H and O–H groups in total. The van der Waals surface area contributed by atoms with Crippen molar-refractivity contribution < 1.29 is 0 Å². The quantitative estimate of drug-likeness (QED) is 0.853. The van der Waals surface area contributed by atoms with E-state index < -0.39 is 0 Å². The molecule has 5 nitrogen and oxygen atoms in total. The van der Waals surface area contributed by atoms with Gasteiger partial charge in [-0.15, -0.1) is 0 Å². The Bertz CT molecular complexity index is 465. The summed E-state index contributed by atoms with van der Waals surface area (Å²) >= 11 is 0. The van der Waals surface area contributed by atoms with Crippen LogP contribution in [0.3, 0.4) is 0 Å². The maximum Gasteiger partial charge on any atom is 0.224 e. The number of likely N-dealkylation sites (tertiary alicyclic amines) is 1. The summed E-state index contributed by atoms with van der Waals surface area (Å²) in [6.45, 7) is 6.27. The molecule has 0 spiro atoms. The van der Waals surface area contributed by atoms with Crippen LogP contribution in [0.5, 0.6) is 0 Å². The van der Waals surface area contributed by atoms with Crippen LogP contribution in [0, 0.1) is 24.2 Å². The van der Waals surface area contributed by atoms with Crippen molar-refractivity contribution in [3.8, 4) is 6.07 Å². The first-order valence-electron chi connectivity index (χ1n) is 6.29. The molecule has 0 aromatic carbocycles. The number of piperidine rings is 1. The number of anilines is 1. The van der Waals surface area contributed by atoms with E-state index in [1.165, 1.54) is 0 Å². The van der Waals surface area contributed by atoms with Gasteiger partial charge in [0.15, 0.2) is 0 Å². The number of hydrogen-bond acceptors (Lipinski definition) is 5. The topological polar surface area (TPSA) is 64.8 Å². The van der Waals surface area contributed by atoms with Crippen LogP contribution in [0.1, 0.15) is 24.7 Å². The maximum atomic E-state index is 8.90. The standard InChI is InChI=1S/C13H19N5/c1-9-8-18(3)5-4-12(9)17-13-15-10(2)6-11(7-14)16-13/h6,9,12H,4-5,8H2,1-3H3,(H,15,16,17). The van der Waals surface area contributed by atoms with E-state index in [0.29, 0.717) is 23.6 Å². The van der Waals surface area contributed by atoms with E-state index >= 15 is 0 Å². The predicted molar refractivity (Wildman–Crippen MR) is 70.2 cm³/mol. The van der Waals surface area contributed by atoms with Crippen LogP contribution < -0.4 is 5.32 Å². The third-order valence-electron chi connectivity index (χ3n) is 3.39. The van der Waals surface area contributed by atoms with Gasteiger partial charge in [0.1, 0.15) is 11.8 Å². The normalized spacial score (nSPS) is 24.6. The lowest BCUT2D eigenvalue weighted by molar-refractivity contribution is 0.206. The van der Waals surface area contributed by atoms with E-state index in [0.717, 1.165) is 25.2 Å². The summed E-state index contributed by atoms with van der Waals surface area (Å²) in [4.78, 5) is 10.9. The van der Waals surface area contributed by atoms with Gasteiger partial charge in [-0.3, -0.25) is 0 Å². The fourth-order valence-corrected chi connectivity index (χ4v) is 2.42. The lowest BCUT2D eigenvalue weighted by atomic mass is 9.94. The highest BCUT2D eigenvalue weighted by Gasteiger charge is 2.24. The van der Waals surface area contributed by atoms with Crippen molar-refractivity contribution in [1.82, 2.24) is 14.9 Å². The third kappa shape index (κ3) is 2.96. The smallest absolute Gasteiger partial charge is 0.224 e. The van der Waals surface area contributed by atoms with Crippen LogP contribution >= 0.6 is 0 Å². The largest absolute Gasteiger partial charge is 0.351 e. The van der Waals surface area contributed by atoms with Crippen molar-refractivity contribution in [2.24, 2.45) is 5.92 Å². The third-order valence-corrected chi connectivity index (χ3v) is 3.39. The lowest BCUT2D eigenvalue weighted by Gasteiger charge is -2.35. The summed E-state index contributed by atoms with van der Waals surface area (Å²) in [5, 5.41) is 12.3. The zero-order valence-corrected chi connectivity index (χ0v) is 11.1. The zero-order chi connectivity index (χ0) is 13.1. The summed E-state index contributed by atoms with van der Waals surface area (Å²) in [6, 6.07) is 4.15. The first-order chi connectivity index (χ1) is 8.58. The second-order valence-electron chi connectivity index (χ2n) is 5.11. The average Bonchev–Trinajstić information content (AvgIpc) is 2.32. The van der Waals surface area contributed by atoms with Crippen LogP contribution in [0.25, 0.3) is 0 Å². The van der Waals surface area contributed by atoms with Gasteiger partial charge in [-0.2, -0.15) is 5.26 Å². The van der Waals surface area contributed by atoms with Crippen molar-refractivity contribution >= 4 is 5.95 Å². The molecule has 96 valence electrons. The van der Waals surface area contributed by atoms with Crippen molar-refractivity contribution in [1.29, 1.82) is 5.26 Å². The Balaban J connectivity index is 2.10. The number of aryl methyl sites for hydroxylation is 1. The maximum absolute atomic E-state index is 8.90. The molecule has 2 unspecified atom stereocenters. The van der Waals surface area contributed by atoms with Gasteiger partial charge in [0.2, 0.25) is 5.95 Å². The molecular formula is C13H19N5. The first kappa shape index (κ1) is 12.8. The minimum atomic E-state index is 0.384. The molecule has 1 aromatic heterocycles. The van der Waals surface area contributed by atoms with Gasteiger partial charge in [0, 0.05) is 18.3 Å². The Hall–Kier alpha value is -1.67. The molecular weight excluding hydrogens is 226 g/mol. The Morgan fingerprint density at radius 2 is 2.28 bits per heavy atom. The highest BCUT2D eigenvalue weighted by atomic mass is 15.2. The molecule has 2 heterocycles. The Labute approximate surface area is 108 Å². The second kappa shape index (κ2) is 5.32. The molecule has 0 amide bonds. The molecule has 1 saturated heterocycles. The van der Waals surface area contributed by atoms with E-state index in [1.807, 2.05) is 6.92 Å². The fourth-order valence-electron chi connectivity index (χ4n) is 2.42. The molecule has 0 saturated carbocycles. The van der Waals surface area contributed by atoms with E-state index in [2.05, 4.69) is 40.2 Å². The molecule has 1 fully saturated rings. The molecule has 1 aliphatic heterocycles. The lowest BCUT2D eigenvalue weighted by Crippen LogP contribution is -2.43. The highest BCUT2D eigenvalue weighted by Crippen LogP contribution is 2.19. The SMILES string of the molecule is Cc1cc(C#N)nc(NC2CCN(C)CC2C)n1. The molecule has 2 atom stereocenters. The summed E-state index contributed by atoms with van der Waals surface area (Å²) in [5.74, 6) is 1.13. The molecule has 5 heteroatoms. The number of nitriles is 1. The van der Waals surface area contributed by atoms with Gasteiger partial charge in [0.25, 0.3) is 0 Å². The predicted octanol–water partition coefficient (Wildman–Crippen LogP) is 1.41. The number of nitrogens with zero attached hydrogens (tertiary/aromatic N) is 4. The molecule has 18 heavy (non-hydrogen) atoms. The van der Waals surface area contributed by atoms with Crippen LogP contribution in [-0.4, -0.2) is 41.0 Å². The minimum Gasteiger partial charge on any atom is -0.351 e. The second-order valence-corrected chi connectivity index (χ2v) is 5.11. The summed E-state index contributed by atoms with van der Waals surface area (Å²) in [6.07, 6.45) is 1.08. The Kier molecular flexibility index (Phi) is 3.78. The van der Waals surface area contributed by atoms with Crippen molar-refractivity contribution in [3.05, 3.63) is 17.5 Å². The molecule has 1 aromatic rings. The van der Waals surface area contributed by atoms with Crippen molar-refractivity contribution in [2.75, 3.05) is 25.5 Å². The molecule has 2 rings (SSSR count). The summed E-state index contributed by atoms with van der Waals surface area (Å²) < 4.78 is 0. The van der Waals surface area contributed by atoms with E-state index in [1.54, 1.807) is 6.07 Å². The first-order valence-corrected chi connectivity index (χ1v) is 6.29. The monoisotopic (exact) mass is 245 g/mol. The van der Waals surface area contributed by atoms with E-state index in [9.17, 15) is 0 Å². The van der Waals surface area contributed by atoms with Crippen LogP contribution in [0.15, 0.2) is 6.07 Å². The number of rotatable bonds is 2. The van der Waals surface area contributed by atoms with Crippen LogP contribution in [0.2, 0.25) is 0 Å². The van der Waals surface area contributed by atoms with Crippen LogP contribution in [-0.2, 0) is 0 Å². The van der Waals surface area contributed by atoms with Crippen molar-refractivity contribution in [3.63, 3.8) is 0 Å². The van der Waals surface area contributed by atoms with Gasteiger partial charge in [0.05, 0.1) is 0 Å². The minimum absolute atomic E-state index is 0.384. The zero-order valence-electron chi connectivity index (χ0n) is 11.1. The molecule has 0 aliphatic carbocycles. The molecule has 0 bridgehead atoms. The van der Waals surface area contributed by atoms with Gasteiger partial charge >= 0.3 is 0 Å². The fraction of sp³-hybridized carbons (Fsp3) is 0.615. The average molecular weight is 245 g/mol. The number of hydrogen-bond donors (Lipinski definition) is 1. The van der Waals surface area contributed by atoms with Gasteiger partial charge in [-0.25, -0.2) is 9.97 Å². The number of aromatic nitrogens is 2. The van der Waals surface area contributed by atoms with Crippen molar-refractivity contribution in [2.45, 2.75) is 26.3 Å². The van der Waals surface area contributed by atoms with Gasteiger partial charge in [-0.05, 0) is 38.9 Å². The molecule has 0 radical (unpaired) electrons. The van der Waals surface area contributed by atoms with E-state index in [4.69, 9.17) is 5.26 Å². The Morgan fingerprint density at radius 3 is 2.94 bits per heavy atom. The Morgan fingerprint density at radius 1 is 1.50 bits per heavy atom. The number of nitrogens with one attached hydrogen (secondary N) is 1. The highest BCUT2D eigenvalue weighted by molar-refractivity contribution is 5.34. The van der Waals surface area contributed by atoms with Gasteiger partial charge in [-0.1, -0.05) is 6.92 Å². The summed E-state index contributed by atoms with van der Waals surface area (Å²) in [7, 11) is 2.14.